The molecule has 1 N–H and O–H groups in total. The Labute approximate surface area is 133 Å². The highest BCUT2D eigenvalue weighted by atomic mass is 35.5. The number of nitrogens with one attached hydrogen (secondary N) is 1. The number of anilines is 1. The van der Waals surface area contributed by atoms with Crippen molar-refractivity contribution < 1.29 is 4.79 Å². The lowest BCUT2D eigenvalue weighted by molar-refractivity contribution is -0.135. The topological polar surface area (TPSA) is 71.0 Å². The molecule has 1 aliphatic heterocycles. The fraction of sp³-hybridized carbons (Fsp3) is 0.333. The number of hydrogen-bond donors (Lipinski definition) is 1. The highest BCUT2D eigenvalue weighted by Gasteiger charge is 2.25. The van der Waals surface area contributed by atoms with Crippen molar-refractivity contribution in [1.29, 1.82) is 0 Å². The minimum absolute atomic E-state index is 0.0935. The molecule has 3 rings (SSSR count). The number of hydrogen-bond acceptors (Lipinski definition) is 5. The maximum Gasteiger partial charge on any atom is 0.244 e. The molecule has 1 atom stereocenters. The van der Waals surface area contributed by atoms with E-state index in [2.05, 4.69) is 20.3 Å². The first-order chi connectivity index (χ1) is 10.6. The molecular weight excluding hydrogens is 302 g/mol. The Morgan fingerprint density at radius 3 is 2.73 bits per heavy atom. The van der Waals surface area contributed by atoms with Gasteiger partial charge in [-0.15, -0.1) is 0 Å². The Morgan fingerprint density at radius 1 is 1.27 bits per heavy atom. The van der Waals surface area contributed by atoms with Crippen molar-refractivity contribution >= 4 is 23.3 Å². The van der Waals surface area contributed by atoms with Crippen LogP contribution in [0.2, 0.25) is 5.02 Å². The number of rotatable bonds is 4. The molecule has 0 unspecified atom stereocenters. The molecule has 3 heterocycles. The number of aromatic nitrogens is 3. The van der Waals surface area contributed by atoms with E-state index in [0.29, 0.717) is 22.2 Å². The number of amides is 1. The second kappa shape index (κ2) is 6.27. The Kier molecular flexibility index (Phi) is 4.20. The third kappa shape index (κ3) is 3.17. The monoisotopic (exact) mass is 317 g/mol. The van der Waals surface area contributed by atoms with Crippen LogP contribution >= 0.6 is 11.6 Å². The summed E-state index contributed by atoms with van der Waals surface area (Å²) in [6.07, 6.45) is 4.11. The molecule has 22 heavy (non-hydrogen) atoms. The second-order valence-corrected chi connectivity index (χ2v) is 5.63. The molecule has 0 saturated carbocycles. The number of likely N-dealkylation sites (tertiary alicyclic amines) is 1. The summed E-state index contributed by atoms with van der Waals surface area (Å²) in [6, 6.07) is 5.01. The molecule has 0 radical (unpaired) electrons. The lowest BCUT2D eigenvalue weighted by Crippen LogP contribution is -2.48. The number of carbonyl (C=O) groups excluding carboxylic acids is 1. The molecule has 1 aliphatic rings. The van der Waals surface area contributed by atoms with Gasteiger partial charge in [0.2, 0.25) is 5.91 Å². The predicted molar refractivity (Wildman–Crippen MR) is 84.6 cm³/mol. The summed E-state index contributed by atoms with van der Waals surface area (Å²) >= 11 is 5.83. The summed E-state index contributed by atoms with van der Waals surface area (Å²) in [6.45, 7) is 3.52. The van der Waals surface area contributed by atoms with E-state index < -0.39 is 0 Å². The van der Waals surface area contributed by atoms with E-state index in [-0.39, 0.29) is 11.9 Å². The molecule has 0 aliphatic carbocycles. The van der Waals surface area contributed by atoms with Crippen LogP contribution < -0.4 is 5.32 Å². The molecule has 1 amide bonds. The summed E-state index contributed by atoms with van der Waals surface area (Å²) in [5.41, 5.74) is 1.38. The van der Waals surface area contributed by atoms with Crippen LogP contribution in [0.3, 0.4) is 0 Å². The Morgan fingerprint density at radius 2 is 2.09 bits per heavy atom. The van der Waals surface area contributed by atoms with E-state index in [1.807, 2.05) is 11.8 Å². The van der Waals surface area contributed by atoms with Gasteiger partial charge in [0.1, 0.15) is 18.2 Å². The molecule has 6 nitrogen and oxygen atoms in total. The van der Waals surface area contributed by atoms with Crippen LogP contribution in [0.15, 0.2) is 30.7 Å². The van der Waals surface area contributed by atoms with Gasteiger partial charge >= 0.3 is 0 Å². The zero-order chi connectivity index (χ0) is 15.5. The maximum absolute atomic E-state index is 12.1. The van der Waals surface area contributed by atoms with Gasteiger partial charge < -0.3 is 10.2 Å². The zero-order valence-corrected chi connectivity index (χ0v) is 12.9. The van der Waals surface area contributed by atoms with E-state index in [9.17, 15) is 4.79 Å². The van der Waals surface area contributed by atoms with E-state index in [0.717, 1.165) is 19.5 Å². The third-order valence-electron chi connectivity index (χ3n) is 3.56. The molecule has 0 spiro atoms. The van der Waals surface area contributed by atoms with Gasteiger partial charge in [-0.1, -0.05) is 11.6 Å². The highest BCUT2D eigenvalue weighted by molar-refractivity contribution is 6.30. The van der Waals surface area contributed by atoms with Crippen molar-refractivity contribution in [2.24, 2.45) is 0 Å². The fourth-order valence-corrected chi connectivity index (χ4v) is 2.31. The van der Waals surface area contributed by atoms with Crippen LogP contribution in [-0.4, -0.2) is 44.9 Å². The minimum Gasteiger partial charge on any atom is -0.359 e. The second-order valence-electron chi connectivity index (χ2n) is 5.20. The molecule has 7 heteroatoms. The van der Waals surface area contributed by atoms with Crippen molar-refractivity contribution in [1.82, 2.24) is 19.9 Å². The molecule has 2 aromatic heterocycles. The number of halogens is 1. The quantitative estimate of drug-likeness (QED) is 0.936. The Hall–Kier alpha value is -2.21. The molecule has 114 valence electrons. The van der Waals surface area contributed by atoms with Crippen LogP contribution in [0.4, 0.5) is 5.82 Å². The van der Waals surface area contributed by atoms with Crippen LogP contribution in [0.5, 0.6) is 0 Å². The molecule has 0 bridgehead atoms. The van der Waals surface area contributed by atoms with Crippen molar-refractivity contribution in [3.63, 3.8) is 0 Å². The Balaban J connectivity index is 1.73. The van der Waals surface area contributed by atoms with E-state index >= 15 is 0 Å². The highest BCUT2D eigenvalue weighted by Crippen LogP contribution is 2.19. The summed E-state index contributed by atoms with van der Waals surface area (Å²) < 4.78 is 0. The standard InChI is InChI=1S/C15H16ClN5O/c1-10(15(22)21-5-2-6-21)20-14-7-13(18-9-19-14)12-4-3-11(16)8-17-12/h3-4,7-10H,2,5-6H2,1H3,(H,18,19,20)/t10-/m1/s1. The summed E-state index contributed by atoms with van der Waals surface area (Å²) in [7, 11) is 0. The van der Waals surface area contributed by atoms with Crippen LogP contribution in [-0.2, 0) is 4.79 Å². The molecular formula is C15H16ClN5O. The Bertz CT molecular complexity index is 672. The maximum atomic E-state index is 12.1. The fourth-order valence-electron chi connectivity index (χ4n) is 2.20. The first-order valence-corrected chi connectivity index (χ1v) is 7.50. The van der Waals surface area contributed by atoms with Crippen LogP contribution in [0, 0.1) is 0 Å². The van der Waals surface area contributed by atoms with Crippen molar-refractivity contribution in [3.05, 3.63) is 35.7 Å². The number of carbonyl (C=O) groups is 1. The van der Waals surface area contributed by atoms with Crippen molar-refractivity contribution in [2.75, 3.05) is 18.4 Å². The average molecular weight is 318 g/mol. The van der Waals surface area contributed by atoms with Gasteiger partial charge in [-0.05, 0) is 25.5 Å². The van der Waals surface area contributed by atoms with E-state index in [4.69, 9.17) is 11.6 Å². The first kappa shape index (κ1) is 14.7. The SMILES string of the molecule is C[C@@H](Nc1cc(-c2ccc(Cl)cn2)ncn1)C(=O)N1CCC1. The third-order valence-corrected chi connectivity index (χ3v) is 3.78. The van der Waals surface area contributed by atoms with E-state index in [1.165, 1.54) is 6.33 Å². The van der Waals surface area contributed by atoms with E-state index in [1.54, 1.807) is 24.4 Å². The van der Waals surface area contributed by atoms with Crippen LogP contribution in [0.1, 0.15) is 13.3 Å². The summed E-state index contributed by atoms with van der Waals surface area (Å²) in [5, 5.41) is 3.69. The first-order valence-electron chi connectivity index (χ1n) is 7.13. The molecule has 1 fully saturated rings. The largest absolute Gasteiger partial charge is 0.359 e. The van der Waals surface area contributed by atoms with Gasteiger partial charge in [0.25, 0.3) is 0 Å². The smallest absolute Gasteiger partial charge is 0.244 e. The van der Waals surface area contributed by atoms with Gasteiger partial charge in [0.15, 0.2) is 0 Å². The lowest BCUT2D eigenvalue weighted by Gasteiger charge is -2.33. The van der Waals surface area contributed by atoms with Crippen LogP contribution in [0.25, 0.3) is 11.4 Å². The van der Waals surface area contributed by atoms with Gasteiger partial charge in [-0.3, -0.25) is 9.78 Å². The predicted octanol–water partition coefficient (Wildman–Crippen LogP) is 2.22. The van der Waals surface area contributed by atoms with Gasteiger partial charge in [0, 0.05) is 25.4 Å². The number of pyridine rings is 1. The van der Waals surface area contributed by atoms with Crippen molar-refractivity contribution in [3.8, 4) is 11.4 Å². The minimum atomic E-state index is -0.318. The van der Waals surface area contributed by atoms with Gasteiger partial charge in [-0.2, -0.15) is 0 Å². The van der Waals surface area contributed by atoms with Gasteiger partial charge in [-0.25, -0.2) is 9.97 Å². The molecule has 1 saturated heterocycles. The summed E-state index contributed by atoms with van der Waals surface area (Å²) in [5.74, 6) is 0.694. The lowest BCUT2D eigenvalue weighted by atomic mass is 10.1. The molecule has 2 aromatic rings. The normalized spacial score (nSPS) is 15.1. The zero-order valence-electron chi connectivity index (χ0n) is 12.2. The summed E-state index contributed by atoms with van der Waals surface area (Å²) in [4.78, 5) is 26.5. The van der Waals surface area contributed by atoms with Gasteiger partial charge in [0.05, 0.1) is 16.4 Å². The average Bonchev–Trinajstić information content (AvgIpc) is 2.46. The number of nitrogens with zero attached hydrogens (tertiary/aromatic N) is 4. The van der Waals surface area contributed by atoms with Crippen molar-refractivity contribution in [2.45, 2.75) is 19.4 Å². The molecule has 0 aromatic carbocycles.